The van der Waals surface area contributed by atoms with Crippen molar-refractivity contribution in [1.29, 1.82) is 0 Å². The Kier molecular flexibility index (Phi) is 4.32. The van der Waals surface area contributed by atoms with Crippen molar-refractivity contribution in [2.45, 2.75) is 19.9 Å². The highest BCUT2D eigenvalue weighted by atomic mass is 32.1. The molecule has 0 aliphatic rings. The molecule has 1 aromatic rings. The molecule has 0 aliphatic carbocycles. The van der Waals surface area contributed by atoms with Crippen LogP contribution in [0.25, 0.3) is 0 Å². The number of amides is 1. The Labute approximate surface area is 100 Å². The fourth-order valence-electron chi connectivity index (χ4n) is 1.50. The molecule has 1 rings (SSSR count). The van der Waals surface area contributed by atoms with Gasteiger partial charge in [-0.3, -0.25) is 4.79 Å². The first-order valence-electron chi connectivity index (χ1n) is 5.21. The van der Waals surface area contributed by atoms with Crippen molar-refractivity contribution >= 4 is 22.9 Å². The molecule has 16 heavy (non-hydrogen) atoms. The molecule has 1 heterocycles. The summed E-state index contributed by atoms with van der Waals surface area (Å²) in [5.74, 6) is -0.0425. The molecular formula is C11H19N3OS. The Morgan fingerprint density at radius 2 is 2.25 bits per heavy atom. The number of carbonyl (C=O) groups is 1. The van der Waals surface area contributed by atoms with Crippen molar-refractivity contribution in [2.75, 3.05) is 26.4 Å². The summed E-state index contributed by atoms with van der Waals surface area (Å²) >= 11 is 1.43. The van der Waals surface area contributed by atoms with E-state index in [1.807, 2.05) is 32.8 Å². The average Bonchev–Trinajstić information content (AvgIpc) is 2.45. The molecule has 0 bridgehead atoms. The number of anilines is 1. The van der Waals surface area contributed by atoms with Crippen LogP contribution >= 0.6 is 11.3 Å². The van der Waals surface area contributed by atoms with Gasteiger partial charge in [0.1, 0.15) is 0 Å². The molecule has 3 N–H and O–H groups in total. The lowest BCUT2D eigenvalue weighted by molar-refractivity contribution is 0.0938. The van der Waals surface area contributed by atoms with Gasteiger partial charge in [0.15, 0.2) is 0 Å². The fourth-order valence-corrected chi connectivity index (χ4v) is 2.34. The van der Waals surface area contributed by atoms with E-state index in [1.165, 1.54) is 11.3 Å². The third-order valence-electron chi connectivity index (χ3n) is 2.20. The number of hydrogen-bond donors (Lipinski definition) is 2. The van der Waals surface area contributed by atoms with Gasteiger partial charge in [-0.2, -0.15) is 0 Å². The standard InChI is InChI=1S/C11H19N3OS/c1-7(6-14(3)4)13-11(15)10-5-9(12)8(2)16-10/h5,7H,6,12H2,1-4H3,(H,13,15). The molecular weight excluding hydrogens is 222 g/mol. The number of nitrogens with two attached hydrogens (primary N) is 1. The molecule has 0 aliphatic heterocycles. The fraction of sp³-hybridized carbons (Fsp3) is 0.545. The summed E-state index contributed by atoms with van der Waals surface area (Å²) in [6.45, 7) is 4.73. The number of thiophene rings is 1. The van der Waals surface area contributed by atoms with Crippen molar-refractivity contribution in [3.63, 3.8) is 0 Å². The Hall–Kier alpha value is -1.07. The maximum atomic E-state index is 11.8. The topological polar surface area (TPSA) is 58.4 Å². The SMILES string of the molecule is Cc1sc(C(=O)NC(C)CN(C)C)cc1N. The zero-order valence-electron chi connectivity index (χ0n) is 10.2. The number of likely N-dealkylation sites (N-methyl/N-ethyl adjacent to an activating group) is 1. The minimum atomic E-state index is -0.0425. The van der Waals surface area contributed by atoms with E-state index in [1.54, 1.807) is 6.07 Å². The van der Waals surface area contributed by atoms with Crippen molar-refractivity contribution in [3.8, 4) is 0 Å². The molecule has 1 amide bonds. The largest absolute Gasteiger partial charge is 0.398 e. The molecule has 0 saturated heterocycles. The zero-order chi connectivity index (χ0) is 12.3. The van der Waals surface area contributed by atoms with Gasteiger partial charge in [-0.15, -0.1) is 11.3 Å². The van der Waals surface area contributed by atoms with Gasteiger partial charge in [-0.1, -0.05) is 0 Å². The van der Waals surface area contributed by atoms with Crippen molar-refractivity contribution in [3.05, 3.63) is 15.8 Å². The molecule has 90 valence electrons. The lowest BCUT2D eigenvalue weighted by Crippen LogP contribution is -2.39. The number of hydrogen-bond acceptors (Lipinski definition) is 4. The Morgan fingerprint density at radius 1 is 1.62 bits per heavy atom. The van der Waals surface area contributed by atoms with E-state index in [9.17, 15) is 4.79 Å². The van der Waals surface area contributed by atoms with Crippen molar-refractivity contribution < 1.29 is 4.79 Å². The second-order valence-electron chi connectivity index (χ2n) is 4.26. The molecule has 5 heteroatoms. The lowest BCUT2D eigenvalue weighted by Gasteiger charge is -2.17. The molecule has 0 aromatic carbocycles. The monoisotopic (exact) mass is 241 g/mol. The highest BCUT2D eigenvalue weighted by Crippen LogP contribution is 2.23. The van der Waals surface area contributed by atoms with Crippen LogP contribution in [0.1, 0.15) is 21.5 Å². The van der Waals surface area contributed by atoms with Gasteiger partial charge < -0.3 is 16.0 Å². The lowest BCUT2D eigenvalue weighted by atomic mass is 10.3. The van der Waals surface area contributed by atoms with Crippen LogP contribution < -0.4 is 11.1 Å². The second kappa shape index (κ2) is 5.32. The first kappa shape index (κ1) is 13.0. The molecule has 1 aromatic heterocycles. The summed E-state index contributed by atoms with van der Waals surface area (Å²) < 4.78 is 0. The minimum absolute atomic E-state index is 0.0425. The van der Waals surface area contributed by atoms with Crippen molar-refractivity contribution in [2.24, 2.45) is 0 Å². The molecule has 0 fully saturated rings. The molecule has 1 unspecified atom stereocenters. The van der Waals surface area contributed by atoms with Gasteiger partial charge in [-0.05, 0) is 34.0 Å². The first-order chi connectivity index (χ1) is 7.40. The van der Waals surface area contributed by atoms with Crippen molar-refractivity contribution in [1.82, 2.24) is 10.2 Å². The molecule has 0 saturated carbocycles. The Bertz CT molecular complexity index is 354. The second-order valence-corrected chi connectivity index (χ2v) is 5.52. The van der Waals surface area contributed by atoms with E-state index in [-0.39, 0.29) is 11.9 Å². The number of nitrogens with zero attached hydrogens (tertiary/aromatic N) is 1. The first-order valence-corrected chi connectivity index (χ1v) is 6.03. The van der Waals surface area contributed by atoms with Crippen LogP contribution in [-0.4, -0.2) is 37.5 Å². The van der Waals surface area contributed by atoms with E-state index in [2.05, 4.69) is 5.32 Å². The normalized spacial score (nSPS) is 12.8. The third kappa shape index (κ3) is 3.50. The number of rotatable bonds is 4. The van der Waals surface area contributed by atoms with Crippen LogP contribution in [0.5, 0.6) is 0 Å². The number of nitrogen functional groups attached to an aromatic ring is 1. The average molecular weight is 241 g/mol. The van der Waals surface area contributed by atoms with Gasteiger partial charge in [0.2, 0.25) is 0 Å². The quantitative estimate of drug-likeness (QED) is 0.836. The van der Waals surface area contributed by atoms with E-state index in [4.69, 9.17) is 5.73 Å². The van der Waals surface area contributed by atoms with Crippen LogP contribution in [0.15, 0.2) is 6.07 Å². The molecule has 4 nitrogen and oxygen atoms in total. The van der Waals surface area contributed by atoms with Gasteiger partial charge in [0.05, 0.1) is 4.88 Å². The van der Waals surface area contributed by atoms with E-state index in [0.29, 0.717) is 10.6 Å². The number of carbonyl (C=O) groups excluding carboxylic acids is 1. The van der Waals surface area contributed by atoms with Gasteiger partial charge >= 0.3 is 0 Å². The van der Waals surface area contributed by atoms with Crippen LogP contribution in [-0.2, 0) is 0 Å². The van der Waals surface area contributed by atoms with Crippen LogP contribution in [0.4, 0.5) is 5.69 Å². The smallest absolute Gasteiger partial charge is 0.261 e. The summed E-state index contributed by atoms with van der Waals surface area (Å²) in [5.41, 5.74) is 6.40. The molecule has 1 atom stereocenters. The summed E-state index contributed by atoms with van der Waals surface area (Å²) in [6, 6.07) is 1.86. The van der Waals surface area contributed by atoms with Gasteiger partial charge in [0.25, 0.3) is 5.91 Å². The zero-order valence-corrected chi connectivity index (χ0v) is 11.0. The summed E-state index contributed by atoms with van der Waals surface area (Å²) in [7, 11) is 3.96. The van der Waals surface area contributed by atoms with Crippen LogP contribution in [0.2, 0.25) is 0 Å². The summed E-state index contributed by atoms with van der Waals surface area (Å²) in [4.78, 5) is 15.5. The van der Waals surface area contributed by atoms with Gasteiger partial charge in [0, 0.05) is 23.2 Å². The highest BCUT2D eigenvalue weighted by molar-refractivity contribution is 7.14. The predicted octanol–water partition coefficient (Wildman–Crippen LogP) is 1.32. The van der Waals surface area contributed by atoms with Crippen LogP contribution in [0.3, 0.4) is 0 Å². The number of nitrogens with one attached hydrogen (secondary N) is 1. The minimum Gasteiger partial charge on any atom is -0.398 e. The summed E-state index contributed by atoms with van der Waals surface area (Å²) in [5, 5.41) is 2.94. The Morgan fingerprint density at radius 3 is 2.69 bits per heavy atom. The number of aryl methyl sites for hydroxylation is 1. The maximum Gasteiger partial charge on any atom is 0.261 e. The van der Waals surface area contributed by atoms with E-state index < -0.39 is 0 Å². The van der Waals surface area contributed by atoms with Crippen LogP contribution in [0, 0.1) is 6.92 Å². The van der Waals surface area contributed by atoms with E-state index >= 15 is 0 Å². The molecule has 0 spiro atoms. The molecule has 0 radical (unpaired) electrons. The maximum absolute atomic E-state index is 11.8. The van der Waals surface area contributed by atoms with Gasteiger partial charge in [-0.25, -0.2) is 0 Å². The third-order valence-corrected chi connectivity index (χ3v) is 3.26. The predicted molar refractivity (Wildman–Crippen MR) is 69.0 cm³/mol. The summed E-state index contributed by atoms with van der Waals surface area (Å²) in [6.07, 6.45) is 0. The van der Waals surface area contributed by atoms with E-state index in [0.717, 1.165) is 11.4 Å². The Balaban J connectivity index is 2.58. The highest BCUT2D eigenvalue weighted by Gasteiger charge is 2.13.